The van der Waals surface area contributed by atoms with Gasteiger partial charge in [-0.1, -0.05) is 48.5 Å². The van der Waals surface area contributed by atoms with Gasteiger partial charge in [0, 0.05) is 6.42 Å². The number of allylic oxidation sites excluding steroid dienone is 1. The van der Waals surface area contributed by atoms with Crippen LogP contribution in [0.25, 0.3) is 4.98 Å². The van der Waals surface area contributed by atoms with E-state index in [0.29, 0.717) is 18.4 Å². The van der Waals surface area contributed by atoms with E-state index in [-0.39, 0.29) is 25.5 Å². The lowest BCUT2D eigenvalue weighted by atomic mass is 9.94. The number of methoxy groups -OCH3 is 1. The monoisotopic (exact) mass is 464 g/mol. The summed E-state index contributed by atoms with van der Waals surface area (Å²) in [5.41, 5.74) is 1.01. The van der Waals surface area contributed by atoms with Gasteiger partial charge in [-0.15, -0.1) is 6.58 Å². The Hall–Kier alpha value is -4.12. The van der Waals surface area contributed by atoms with Crippen LogP contribution in [0.2, 0.25) is 0 Å². The number of diazo groups is 1. The third kappa shape index (κ3) is 7.48. The summed E-state index contributed by atoms with van der Waals surface area (Å²) in [6, 6.07) is 16.6. The van der Waals surface area contributed by atoms with E-state index in [9.17, 15) is 20.1 Å². The Morgan fingerprint density at radius 1 is 1.18 bits per heavy atom. The molecule has 34 heavy (non-hydrogen) atoms. The van der Waals surface area contributed by atoms with Crippen molar-refractivity contribution in [2.45, 2.75) is 32.7 Å². The fourth-order valence-corrected chi connectivity index (χ4v) is 3.40. The van der Waals surface area contributed by atoms with E-state index >= 15 is 0 Å². The number of aliphatic hydroxyl groups excluding tert-OH is 1. The first-order chi connectivity index (χ1) is 16.4. The highest BCUT2D eigenvalue weighted by molar-refractivity contribution is 6.05. The average Bonchev–Trinajstić information content (AvgIpc) is 2.86. The maximum Gasteiger partial charge on any atom is 0.528 e. The van der Waals surface area contributed by atoms with E-state index in [0.717, 1.165) is 16.2 Å². The van der Waals surface area contributed by atoms with Crippen LogP contribution in [-0.4, -0.2) is 35.5 Å². The molecule has 0 heterocycles. The van der Waals surface area contributed by atoms with Crippen molar-refractivity contribution in [3.63, 3.8) is 0 Å². The second-order valence-corrected chi connectivity index (χ2v) is 7.55. The summed E-state index contributed by atoms with van der Waals surface area (Å²) in [6.45, 7) is 5.48. The number of benzene rings is 2. The zero-order chi connectivity index (χ0) is 24.9. The molecule has 0 fully saturated rings. The molecule has 1 N–H and O–H groups in total. The van der Waals surface area contributed by atoms with Crippen molar-refractivity contribution in [1.82, 2.24) is 4.90 Å². The van der Waals surface area contributed by atoms with Crippen LogP contribution < -0.4 is 4.74 Å². The van der Waals surface area contributed by atoms with Crippen molar-refractivity contribution < 1.29 is 24.2 Å². The summed E-state index contributed by atoms with van der Waals surface area (Å²) in [7, 11) is 1.60. The molecule has 0 aromatic heterocycles. The summed E-state index contributed by atoms with van der Waals surface area (Å²) in [6.07, 6.45) is 2.94. The SMILES string of the molecule is C=CC(CCC(=O)N(Cc1ccccc1)C(=O)/C([N+]#N)=C(\O)OCC)Cc1cccc(OC)c1. The lowest BCUT2D eigenvalue weighted by Crippen LogP contribution is -2.37. The quantitative estimate of drug-likeness (QED) is 0.205. The molecule has 2 rings (SSSR count). The predicted octanol–water partition coefficient (Wildman–Crippen LogP) is 4.99. The molecule has 0 saturated carbocycles. The van der Waals surface area contributed by atoms with Crippen LogP contribution in [0.4, 0.5) is 0 Å². The van der Waals surface area contributed by atoms with Gasteiger partial charge in [-0.25, -0.2) is 0 Å². The summed E-state index contributed by atoms with van der Waals surface area (Å²) in [5.74, 6) is -1.54. The number of imide groups is 1. The highest BCUT2D eigenvalue weighted by Crippen LogP contribution is 2.21. The van der Waals surface area contributed by atoms with Gasteiger partial charge in [-0.3, -0.25) is 14.5 Å². The number of carbonyl (C=O) groups is 2. The minimum absolute atomic E-state index is 0.0147. The van der Waals surface area contributed by atoms with E-state index in [2.05, 4.69) is 11.6 Å². The molecule has 0 aliphatic rings. The van der Waals surface area contributed by atoms with Crippen LogP contribution in [0, 0.1) is 11.3 Å². The molecular formula is C26H30N3O5+. The molecule has 0 aliphatic heterocycles. The summed E-state index contributed by atoms with van der Waals surface area (Å²) in [5, 5.41) is 19.3. The van der Waals surface area contributed by atoms with Gasteiger partial charge in [0.25, 0.3) is 0 Å². The highest BCUT2D eigenvalue weighted by atomic mass is 16.6. The molecule has 2 aromatic carbocycles. The van der Waals surface area contributed by atoms with Crippen LogP contribution in [0.15, 0.2) is 78.9 Å². The molecule has 178 valence electrons. The van der Waals surface area contributed by atoms with Gasteiger partial charge in [0.15, 0.2) is 4.98 Å². The zero-order valence-corrected chi connectivity index (χ0v) is 19.5. The maximum atomic E-state index is 13.1. The van der Waals surface area contributed by atoms with Gasteiger partial charge >= 0.3 is 17.5 Å². The first-order valence-electron chi connectivity index (χ1n) is 11.0. The normalized spacial score (nSPS) is 12.0. The number of aliphatic hydroxyl groups is 1. The summed E-state index contributed by atoms with van der Waals surface area (Å²) in [4.78, 5) is 30.0. The van der Waals surface area contributed by atoms with Gasteiger partial charge in [-0.05, 0) is 48.9 Å². The number of hydrogen-bond donors (Lipinski definition) is 1. The van der Waals surface area contributed by atoms with E-state index < -0.39 is 23.5 Å². The number of amides is 2. The number of hydrogen-bond acceptors (Lipinski definition) is 6. The topological polar surface area (TPSA) is 104 Å². The third-order valence-electron chi connectivity index (χ3n) is 5.21. The number of rotatable bonds is 12. The van der Waals surface area contributed by atoms with Crippen molar-refractivity contribution in [3.8, 4) is 5.75 Å². The summed E-state index contributed by atoms with van der Waals surface area (Å²) < 4.78 is 10.2. The molecule has 0 bridgehead atoms. The Morgan fingerprint density at radius 2 is 1.88 bits per heavy atom. The second kappa shape index (κ2) is 13.4. The number of ether oxygens (including phenoxy) is 2. The number of carbonyl (C=O) groups excluding carboxylic acids is 2. The molecule has 1 atom stereocenters. The van der Waals surface area contributed by atoms with Crippen molar-refractivity contribution in [2.75, 3.05) is 13.7 Å². The highest BCUT2D eigenvalue weighted by Gasteiger charge is 2.38. The van der Waals surface area contributed by atoms with E-state index in [1.807, 2.05) is 30.3 Å². The first-order valence-corrected chi connectivity index (χ1v) is 11.0. The average molecular weight is 465 g/mol. The van der Waals surface area contributed by atoms with Gasteiger partial charge in [0.05, 0.1) is 20.3 Å². The molecule has 1 unspecified atom stereocenters. The van der Waals surface area contributed by atoms with Crippen LogP contribution in [0.5, 0.6) is 5.75 Å². The molecule has 0 spiro atoms. The molecule has 0 saturated heterocycles. The smallest absolute Gasteiger partial charge is 0.497 e. The molecule has 0 aliphatic carbocycles. The Balaban J connectivity index is 2.19. The second-order valence-electron chi connectivity index (χ2n) is 7.55. The predicted molar refractivity (Wildman–Crippen MR) is 128 cm³/mol. The fraction of sp³-hybridized carbons (Fsp3) is 0.308. The number of nitrogens with zero attached hydrogens (tertiary/aromatic N) is 3. The fourth-order valence-electron chi connectivity index (χ4n) is 3.40. The van der Waals surface area contributed by atoms with E-state index in [1.54, 1.807) is 44.4 Å². The van der Waals surface area contributed by atoms with Crippen molar-refractivity contribution in [2.24, 2.45) is 5.92 Å². The van der Waals surface area contributed by atoms with Crippen molar-refractivity contribution in [3.05, 3.63) is 95.0 Å². The van der Waals surface area contributed by atoms with Gasteiger partial charge in [-0.2, -0.15) is 0 Å². The zero-order valence-electron chi connectivity index (χ0n) is 19.5. The molecule has 8 nitrogen and oxygen atoms in total. The Kier molecular flexibility index (Phi) is 10.3. The molecule has 0 radical (unpaired) electrons. The Morgan fingerprint density at radius 3 is 2.50 bits per heavy atom. The molecular weight excluding hydrogens is 434 g/mol. The minimum Gasteiger partial charge on any atom is -0.497 e. The van der Waals surface area contributed by atoms with Crippen molar-refractivity contribution in [1.29, 1.82) is 5.39 Å². The first kappa shape index (κ1) is 26.1. The van der Waals surface area contributed by atoms with Gasteiger partial charge in [0.1, 0.15) is 5.75 Å². The minimum atomic E-state index is -0.953. The van der Waals surface area contributed by atoms with Crippen LogP contribution in [-0.2, 0) is 27.3 Å². The Bertz CT molecular complexity index is 1060. The standard InChI is InChI=1S/C26H29N3O5/c1-4-19(16-21-12-9-13-22(17-21)33-3)14-15-23(30)29(18-20-10-7-6-8-11-20)25(31)24(28-27)26(32)34-5-2/h4,6-13,17,19H,1,5,14-16,18H2,2-3H3/p+1. The van der Waals surface area contributed by atoms with Gasteiger partial charge in [0.2, 0.25) is 11.3 Å². The largest absolute Gasteiger partial charge is 0.528 e. The van der Waals surface area contributed by atoms with Crippen LogP contribution in [0.1, 0.15) is 30.9 Å². The lowest BCUT2D eigenvalue weighted by Gasteiger charge is -2.20. The summed E-state index contributed by atoms with van der Waals surface area (Å²) >= 11 is 0. The maximum absolute atomic E-state index is 13.1. The molecule has 2 aromatic rings. The van der Waals surface area contributed by atoms with Crippen LogP contribution in [0.3, 0.4) is 0 Å². The third-order valence-corrected chi connectivity index (χ3v) is 5.21. The molecule has 2 amide bonds. The lowest BCUT2D eigenvalue weighted by molar-refractivity contribution is -0.143. The van der Waals surface area contributed by atoms with E-state index in [1.165, 1.54) is 0 Å². The molecule has 8 heteroatoms. The van der Waals surface area contributed by atoms with Gasteiger partial charge < -0.3 is 14.6 Å². The van der Waals surface area contributed by atoms with E-state index in [4.69, 9.17) is 9.47 Å². The Labute approximate surface area is 199 Å². The van der Waals surface area contributed by atoms with Crippen molar-refractivity contribution >= 4 is 11.8 Å². The van der Waals surface area contributed by atoms with Crippen LogP contribution >= 0.6 is 0 Å².